The molecule has 0 aliphatic heterocycles. The number of nitrogens with zero attached hydrogens (tertiary/aromatic N) is 2. The van der Waals surface area contributed by atoms with Crippen molar-refractivity contribution in [3.63, 3.8) is 0 Å². The fraction of sp³-hybridized carbons (Fsp3) is 0.0667. The Balaban J connectivity index is 2.06. The summed E-state index contributed by atoms with van der Waals surface area (Å²) in [4.78, 5) is 11.0. The first kappa shape index (κ1) is 14.8. The monoisotopic (exact) mass is 338 g/mol. The summed E-state index contributed by atoms with van der Waals surface area (Å²) in [5, 5.41) is 14.7. The highest BCUT2D eigenvalue weighted by atomic mass is 35.5. The first-order valence-electron chi connectivity index (χ1n) is 6.28. The Kier molecular flexibility index (Phi) is 3.76. The van der Waals surface area contributed by atoms with Crippen LogP contribution in [0.3, 0.4) is 0 Å². The minimum atomic E-state index is -1.31. The van der Waals surface area contributed by atoms with Gasteiger partial charge in [-0.05, 0) is 18.2 Å². The fourth-order valence-electron chi connectivity index (χ4n) is 2.23. The van der Waals surface area contributed by atoms with Gasteiger partial charge in [0.25, 0.3) is 0 Å². The molecule has 0 saturated heterocycles. The minimum absolute atomic E-state index is 0.0917. The molecule has 0 aliphatic rings. The van der Waals surface area contributed by atoms with E-state index >= 15 is 0 Å². The fourth-order valence-corrected chi connectivity index (χ4v) is 2.56. The SMILES string of the molecule is O=C(O)c1cccc(Cn2ncc3cc(Cl)c(Cl)cc32)c1F. The second-order valence-electron chi connectivity index (χ2n) is 4.71. The van der Waals surface area contributed by atoms with Crippen LogP contribution in [0.15, 0.2) is 36.5 Å². The van der Waals surface area contributed by atoms with Crippen LogP contribution in [0.1, 0.15) is 15.9 Å². The highest BCUT2D eigenvalue weighted by molar-refractivity contribution is 6.42. The molecule has 0 radical (unpaired) electrons. The standard InChI is InChI=1S/C15H9Cl2FN2O2/c16-11-4-9-6-19-20(13(9)5-12(11)17)7-8-2-1-3-10(14(8)18)15(21)22/h1-6H,7H2,(H,21,22). The molecule has 0 atom stereocenters. The zero-order valence-electron chi connectivity index (χ0n) is 11.1. The summed E-state index contributed by atoms with van der Waals surface area (Å²) in [6.45, 7) is 0.0917. The van der Waals surface area contributed by atoms with Gasteiger partial charge in [0.05, 0.1) is 33.9 Å². The van der Waals surface area contributed by atoms with Crippen molar-refractivity contribution < 1.29 is 14.3 Å². The molecule has 0 unspecified atom stereocenters. The lowest BCUT2D eigenvalue weighted by atomic mass is 10.1. The molecule has 1 aromatic heterocycles. The number of hydrogen-bond acceptors (Lipinski definition) is 2. The number of aromatic carboxylic acids is 1. The summed E-state index contributed by atoms with van der Waals surface area (Å²) in [6, 6.07) is 7.56. The van der Waals surface area contributed by atoms with E-state index in [-0.39, 0.29) is 17.7 Å². The van der Waals surface area contributed by atoms with Gasteiger partial charge < -0.3 is 5.11 Å². The third kappa shape index (κ3) is 2.53. The van der Waals surface area contributed by atoms with Crippen LogP contribution in [0.2, 0.25) is 10.0 Å². The third-order valence-electron chi connectivity index (χ3n) is 3.31. The van der Waals surface area contributed by atoms with E-state index in [4.69, 9.17) is 28.3 Å². The largest absolute Gasteiger partial charge is 0.478 e. The van der Waals surface area contributed by atoms with Crippen LogP contribution in [-0.2, 0) is 6.54 Å². The van der Waals surface area contributed by atoms with Crippen LogP contribution in [0.25, 0.3) is 10.9 Å². The number of halogens is 3. The molecule has 3 aromatic rings. The zero-order valence-corrected chi connectivity index (χ0v) is 12.6. The highest BCUT2D eigenvalue weighted by Crippen LogP contribution is 2.28. The smallest absolute Gasteiger partial charge is 0.338 e. The summed E-state index contributed by atoms with van der Waals surface area (Å²) in [6.07, 6.45) is 1.59. The third-order valence-corrected chi connectivity index (χ3v) is 4.04. The van der Waals surface area contributed by atoms with Crippen LogP contribution in [-0.4, -0.2) is 20.9 Å². The maximum Gasteiger partial charge on any atom is 0.338 e. The molecular weight excluding hydrogens is 330 g/mol. The predicted octanol–water partition coefficient (Wildman–Crippen LogP) is 4.23. The average molecular weight is 339 g/mol. The van der Waals surface area contributed by atoms with Gasteiger partial charge in [-0.25, -0.2) is 9.18 Å². The van der Waals surface area contributed by atoms with Crippen LogP contribution in [0.4, 0.5) is 4.39 Å². The first-order chi connectivity index (χ1) is 10.5. The molecule has 112 valence electrons. The Hall–Kier alpha value is -2.11. The molecular formula is C15H9Cl2FN2O2. The molecule has 0 saturated carbocycles. The van der Waals surface area contributed by atoms with Gasteiger partial charge in [-0.1, -0.05) is 35.3 Å². The van der Waals surface area contributed by atoms with Crippen molar-refractivity contribution in [1.29, 1.82) is 0 Å². The molecule has 0 bridgehead atoms. The topological polar surface area (TPSA) is 55.1 Å². The van der Waals surface area contributed by atoms with Crippen molar-refractivity contribution in [1.82, 2.24) is 9.78 Å². The van der Waals surface area contributed by atoms with Crippen molar-refractivity contribution in [2.75, 3.05) is 0 Å². The molecule has 0 fully saturated rings. The van der Waals surface area contributed by atoms with Gasteiger partial charge in [0.15, 0.2) is 0 Å². The Morgan fingerprint density at radius 1 is 1.27 bits per heavy atom. The number of carboxylic acids is 1. The Morgan fingerprint density at radius 2 is 2.00 bits per heavy atom. The van der Waals surface area contributed by atoms with Crippen LogP contribution in [0.5, 0.6) is 0 Å². The Labute approximate surface area is 134 Å². The van der Waals surface area contributed by atoms with Crippen molar-refractivity contribution in [3.8, 4) is 0 Å². The second kappa shape index (κ2) is 5.59. The molecule has 2 aromatic carbocycles. The zero-order chi connectivity index (χ0) is 15.9. The molecule has 0 amide bonds. The molecule has 0 spiro atoms. The molecule has 1 heterocycles. The average Bonchev–Trinajstić information content (AvgIpc) is 2.84. The van der Waals surface area contributed by atoms with E-state index in [1.54, 1.807) is 23.0 Å². The maximum atomic E-state index is 14.2. The number of fused-ring (bicyclic) bond motifs is 1. The molecule has 0 aliphatic carbocycles. The number of hydrogen-bond donors (Lipinski definition) is 1. The number of carbonyl (C=O) groups is 1. The van der Waals surface area contributed by atoms with Gasteiger partial charge in [-0.15, -0.1) is 0 Å². The summed E-state index contributed by atoms with van der Waals surface area (Å²) < 4.78 is 15.7. The number of rotatable bonds is 3. The lowest BCUT2D eigenvalue weighted by molar-refractivity contribution is 0.0691. The highest BCUT2D eigenvalue weighted by Gasteiger charge is 2.15. The van der Waals surface area contributed by atoms with Crippen LogP contribution in [0, 0.1) is 5.82 Å². The second-order valence-corrected chi connectivity index (χ2v) is 5.53. The van der Waals surface area contributed by atoms with Crippen molar-refractivity contribution in [2.24, 2.45) is 0 Å². The van der Waals surface area contributed by atoms with E-state index in [1.165, 1.54) is 18.2 Å². The minimum Gasteiger partial charge on any atom is -0.478 e. The number of benzene rings is 2. The molecule has 22 heavy (non-hydrogen) atoms. The quantitative estimate of drug-likeness (QED) is 0.777. The van der Waals surface area contributed by atoms with Crippen molar-refractivity contribution >= 4 is 40.1 Å². The van der Waals surface area contributed by atoms with E-state index in [2.05, 4.69) is 5.10 Å². The summed E-state index contributed by atoms with van der Waals surface area (Å²) in [5.41, 5.74) is 0.556. The maximum absolute atomic E-state index is 14.2. The van der Waals surface area contributed by atoms with Gasteiger partial charge in [-0.2, -0.15) is 5.10 Å². The van der Waals surface area contributed by atoms with E-state index in [0.29, 0.717) is 15.6 Å². The van der Waals surface area contributed by atoms with Gasteiger partial charge in [0.1, 0.15) is 5.82 Å². The predicted molar refractivity (Wildman–Crippen MR) is 82.2 cm³/mol. The van der Waals surface area contributed by atoms with E-state index in [0.717, 1.165) is 5.39 Å². The lowest BCUT2D eigenvalue weighted by Crippen LogP contribution is -2.08. The molecule has 4 nitrogen and oxygen atoms in total. The number of carboxylic acid groups (broad SMARTS) is 1. The molecule has 7 heteroatoms. The summed E-state index contributed by atoms with van der Waals surface area (Å²) in [5.74, 6) is -2.07. The van der Waals surface area contributed by atoms with Gasteiger partial charge in [0, 0.05) is 10.9 Å². The normalized spacial score (nSPS) is 11.0. The molecule has 3 rings (SSSR count). The van der Waals surface area contributed by atoms with Crippen molar-refractivity contribution in [2.45, 2.75) is 6.54 Å². The number of aromatic nitrogens is 2. The Bertz CT molecular complexity index is 893. The Morgan fingerprint density at radius 3 is 2.73 bits per heavy atom. The van der Waals surface area contributed by atoms with Gasteiger partial charge >= 0.3 is 5.97 Å². The van der Waals surface area contributed by atoms with Crippen LogP contribution >= 0.6 is 23.2 Å². The van der Waals surface area contributed by atoms with E-state index < -0.39 is 11.8 Å². The lowest BCUT2D eigenvalue weighted by Gasteiger charge is -2.07. The van der Waals surface area contributed by atoms with E-state index in [1.807, 2.05) is 0 Å². The van der Waals surface area contributed by atoms with Gasteiger partial charge in [0.2, 0.25) is 0 Å². The van der Waals surface area contributed by atoms with E-state index in [9.17, 15) is 9.18 Å². The van der Waals surface area contributed by atoms with Crippen LogP contribution < -0.4 is 0 Å². The summed E-state index contributed by atoms with van der Waals surface area (Å²) in [7, 11) is 0. The first-order valence-corrected chi connectivity index (χ1v) is 7.04. The van der Waals surface area contributed by atoms with Crippen molar-refractivity contribution in [3.05, 3.63) is 63.5 Å². The van der Waals surface area contributed by atoms with Gasteiger partial charge in [-0.3, -0.25) is 4.68 Å². The summed E-state index contributed by atoms with van der Waals surface area (Å²) >= 11 is 11.9. The molecule has 1 N–H and O–H groups in total.